The number of benzene rings is 1. The Morgan fingerprint density at radius 1 is 1.39 bits per heavy atom. The molecule has 2 heterocycles. The van der Waals surface area contributed by atoms with E-state index in [1.54, 1.807) is 24.4 Å². The van der Waals surface area contributed by atoms with Crippen LogP contribution >= 0.6 is 11.6 Å². The monoisotopic (exact) mass is 404 g/mol. The summed E-state index contributed by atoms with van der Waals surface area (Å²) in [4.78, 5) is 31.2. The first kappa shape index (κ1) is 19.7. The molecule has 3 aromatic rings. The Morgan fingerprint density at radius 2 is 2.18 bits per heavy atom. The van der Waals surface area contributed by atoms with Gasteiger partial charge in [-0.1, -0.05) is 18.5 Å². The predicted octanol–water partition coefficient (Wildman–Crippen LogP) is 2.04. The van der Waals surface area contributed by atoms with Crippen LogP contribution in [-0.2, 0) is 11.3 Å². The van der Waals surface area contributed by atoms with E-state index in [0.717, 1.165) is 17.6 Å². The molecule has 2 aromatic heterocycles. The van der Waals surface area contributed by atoms with E-state index in [4.69, 9.17) is 16.3 Å². The zero-order valence-corrected chi connectivity index (χ0v) is 16.6. The smallest absolute Gasteiger partial charge is 0.350 e. The number of nitrogens with zero attached hydrogens (tertiary/aromatic N) is 5. The molecule has 0 radical (unpaired) electrons. The highest BCUT2D eigenvalue weighted by Gasteiger charge is 2.16. The van der Waals surface area contributed by atoms with Crippen molar-refractivity contribution in [1.29, 1.82) is 0 Å². The number of carbonyl (C=O) groups excluding carboxylic acids is 1. The summed E-state index contributed by atoms with van der Waals surface area (Å²) in [5.41, 5.74) is 0.493. The molecule has 0 atom stereocenters. The number of carbonyl (C=O) groups is 1. The first-order valence-electron chi connectivity index (χ1n) is 8.73. The Balaban J connectivity index is 1.83. The van der Waals surface area contributed by atoms with E-state index in [9.17, 15) is 9.59 Å². The van der Waals surface area contributed by atoms with Crippen LogP contribution in [-0.4, -0.2) is 45.8 Å². The fourth-order valence-electron chi connectivity index (χ4n) is 2.83. The topological polar surface area (TPSA) is 93.8 Å². The van der Waals surface area contributed by atoms with Gasteiger partial charge in [-0.05, 0) is 24.6 Å². The lowest BCUT2D eigenvalue weighted by molar-refractivity contribution is -0.117. The van der Waals surface area contributed by atoms with Crippen LogP contribution in [0.3, 0.4) is 0 Å². The van der Waals surface area contributed by atoms with Crippen LogP contribution in [0, 0.1) is 0 Å². The second-order valence-corrected chi connectivity index (χ2v) is 6.61. The van der Waals surface area contributed by atoms with Crippen molar-refractivity contribution < 1.29 is 9.53 Å². The van der Waals surface area contributed by atoms with Gasteiger partial charge in [-0.25, -0.2) is 18.9 Å². The van der Waals surface area contributed by atoms with Crippen molar-refractivity contribution >= 4 is 34.7 Å². The number of hydrogen-bond donors (Lipinski definition) is 1. The molecule has 0 bridgehead atoms. The van der Waals surface area contributed by atoms with Gasteiger partial charge in [-0.2, -0.15) is 0 Å². The van der Waals surface area contributed by atoms with Crippen molar-refractivity contribution in [1.82, 2.24) is 19.2 Å². The molecule has 1 aromatic carbocycles. The maximum Gasteiger partial charge on any atom is 0.350 e. The Bertz CT molecular complexity index is 1060. The Hall–Kier alpha value is -3.07. The molecule has 0 aliphatic heterocycles. The second kappa shape index (κ2) is 8.30. The standard InChI is InChI=1S/C18H21ClN6O3/c1-4-8-23(2)16-17-22-25(18(27)24(17)9-7-20-16)11-15(26)21-12-5-6-14(28-3)13(19)10-12/h5-7,9-10H,4,8,11H2,1-3H3,(H,21,26). The Labute approximate surface area is 166 Å². The number of halogens is 1. The van der Waals surface area contributed by atoms with Gasteiger partial charge in [0.25, 0.3) is 0 Å². The molecule has 0 saturated heterocycles. The van der Waals surface area contributed by atoms with Crippen LogP contribution in [0.4, 0.5) is 11.5 Å². The zero-order chi connectivity index (χ0) is 20.3. The molecule has 0 saturated carbocycles. The number of aromatic nitrogens is 4. The highest BCUT2D eigenvalue weighted by molar-refractivity contribution is 6.32. The van der Waals surface area contributed by atoms with Crippen molar-refractivity contribution in [3.05, 3.63) is 46.1 Å². The van der Waals surface area contributed by atoms with Crippen LogP contribution in [0.25, 0.3) is 5.65 Å². The van der Waals surface area contributed by atoms with Gasteiger partial charge in [0.2, 0.25) is 11.6 Å². The molecule has 28 heavy (non-hydrogen) atoms. The predicted molar refractivity (Wildman–Crippen MR) is 107 cm³/mol. The highest BCUT2D eigenvalue weighted by atomic mass is 35.5. The lowest BCUT2D eigenvalue weighted by atomic mass is 10.3. The molecule has 0 fully saturated rings. The van der Waals surface area contributed by atoms with Crippen molar-refractivity contribution in [3.8, 4) is 5.75 Å². The van der Waals surface area contributed by atoms with E-state index in [2.05, 4.69) is 22.3 Å². The van der Waals surface area contributed by atoms with Crippen molar-refractivity contribution in [2.75, 3.05) is 30.9 Å². The summed E-state index contributed by atoms with van der Waals surface area (Å²) in [5, 5.41) is 7.37. The molecule has 1 amide bonds. The van der Waals surface area contributed by atoms with Crippen LogP contribution in [0.1, 0.15) is 13.3 Å². The van der Waals surface area contributed by atoms with Gasteiger partial charge in [-0.3, -0.25) is 4.79 Å². The maximum absolute atomic E-state index is 12.6. The average Bonchev–Trinajstić information content (AvgIpc) is 2.98. The maximum atomic E-state index is 12.6. The van der Waals surface area contributed by atoms with E-state index in [-0.39, 0.29) is 6.54 Å². The summed E-state index contributed by atoms with van der Waals surface area (Å²) in [6, 6.07) is 4.89. The molecule has 10 heteroatoms. The first-order chi connectivity index (χ1) is 13.4. The van der Waals surface area contributed by atoms with E-state index in [1.165, 1.54) is 17.7 Å². The normalized spacial score (nSPS) is 10.9. The van der Waals surface area contributed by atoms with Gasteiger partial charge in [0.05, 0.1) is 12.1 Å². The minimum absolute atomic E-state index is 0.235. The SMILES string of the molecule is CCCN(C)c1nccn2c(=O)n(CC(=O)Nc3ccc(OC)c(Cl)c3)nc12. The summed E-state index contributed by atoms with van der Waals surface area (Å²) in [6.45, 7) is 2.59. The number of fused-ring (bicyclic) bond motifs is 1. The fourth-order valence-corrected chi connectivity index (χ4v) is 3.09. The van der Waals surface area contributed by atoms with E-state index < -0.39 is 11.6 Å². The number of methoxy groups -OCH3 is 1. The third kappa shape index (κ3) is 3.94. The minimum Gasteiger partial charge on any atom is -0.495 e. The molecular formula is C18H21ClN6O3. The Kier molecular flexibility index (Phi) is 5.84. The van der Waals surface area contributed by atoms with Gasteiger partial charge in [0.1, 0.15) is 12.3 Å². The number of anilines is 2. The van der Waals surface area contributed by atoms with Gasteiger partial charge in [0, 0.05) is 31.7 Å². The van der Waals surface area contributed by atoms with Crippen molar-refractivity contribution in [2.45, 2.75) is 19.9 Å². The molecule has 0 unspecified atom stereocenters. The van der Waals surface area contributed by atoms with E-state index >= 15 is 0 Å². The van der Waals surface area contributed by atoms with E-state index in [0.29, 0.717) is 27.9 Å². The molecule has 0 aliphatic rings. The molecule has 0 aliphatic carbocycles. The first-order valence-corrected chi connectivity index (χ1v) is 9.11. The van der Waals surface area contributed by atoms with Crippen LogP contribution in [0.15, 0.2) is 35.4 Å². The van der Waals surface area contributed by atoms with Crippen LogP contribution in [0.5, 0.6) is 5.75 Å². The summed E-state index contributed by atoms with van der Waals surface area (Å²) >= 11 is 6.07. The van der Waals surface area contributed by atoms with Gasteiger partial charge < -0.3 is 15.0 Å². The average molecular weight is 405 g/mol. The zero-order valence-electron chi connectivity index (χ0n) is 15.8. The molecule has 1 N–H and O–H groups in total. The lowest BCUT2D eigenvalue weighted by Gasteiger charge is -2.16. The van der Waals surface area contributed by atoms with Crippen LogP contribution in [0.2, 0.25) is 5.02 Å². The molecule has 3 rings (SSSR count). The summed E-state index contributed by atoms with van der Waals surface area (Å²) < 4.78 is 7.58. The van der Waals surface area contributed by atoms with Crippen LogP contribution < -0.4 is 20.6 Å². The lowest BCUT2D eigenvalue weighted by Crippen LogP contribution is -2.28. The number of nitrogens with one attached hydrogen (secondary N) is 1. The molecule has 0 spiro atoms. The van der Waals surface area contributed by atoms with Gasteiger partial charge in [0.15, 0.2) is 5.82 Å². The van der Waals surface area contributed by atoms with E-state index in [1.807, 2.05) is 11.9 Å². The molecular weight excluding hydrogens is 384 g/mol. The summed E-state index contributed by atoms with van der Waals surface area (Å²) in [7, 11) is 3.39. The van der Waals surface area contributed by atoms with Gasteiger partial charge in [-0.15, -0.1) is 5.10 Å². The minimum atomic E-state index is -0.411. The largest absolute Gasteiger partial charge is 0.495 e. The number of hydrogen-bond acceptors (Lipinski definition) is 6. The fraction of sp³-hybridized carbons (Fsp3) is 0.333. The number of amides is 1. The number of rotatable bonds is 7. The molecule has 148 valence electrons. The van der Waals surface area contributed by atoms with Gasteiger partial charge >= 0.3 is 5.69 Å². The van der Waals surface area contributed by atoms with Crippen molar-refractivity contribution in [2.24, 2.45) is 0 Å². The number of ether oxygens (including phenoxy) is 1. The molecule has 9 nitrogen and oxygen atoms in total. The second-order valence-electron chi connectivity index (χ2n) is 6.20. The quantitative estimate of drug-likeness (QED) is 0.647. The third-order valence-corrected chi connectivity index (χ3v) is 4.43. The summed E-state index contributed by atoms with van der Waals surface area (Å²) in [6.07, 6.45) is 4.00. The Morgan fingerprint density at radius 3 is 2.86 bits per heavy atom. The summed E-state index contributed by atoms with van der Waals surface area (Å²) in [5.74, 6) is 0.693. The van der Waals surface area contributed by atoms with Crippen molar-refractivity contribution in [3.63, 3.8) is 0 Å². The highest BCUT2D eigenvalue weighted by Crippen LogP contribution is 2.27. The third-order valence-electron chi connectivity index (χ3n) is 4.13.